The van der Waals surface area contributed by atoms with Crippen molar-refractivity contribution >= 4 is 30.9 Å². The van der Waals surface area contributed by atoms with E-state index in [1.54, 1.807) is 0 Å². The highest BCUT2D eigenvalue weighted by atomic mass is 31.2. The van der Waals surface area contributed by atoms with E-state index in [0.717, 1.165) is 21.8 Å². The van der Waals surface area contributed by atoms with E-state index < -0.39 is 81.4 Å². The lowest BCUT2D eigenvalue weighted by Crippen LogP contribution is -2.38. The van der Waals surface area contributed by atoms with Crippen molar-refractivity contribution in [3.05, 3.63) is 33.5 Å². The van der Waals surface area contributed by atoms with E-state index in [9.17, 15) is 39.5 Å². The lowest BCUT2D eigenvalue weighted by Gasteiger charge is -2.23. The van der Waals surface area contributed by atoms with E-state index in [1.165, 1.54) is 0 Å². The SMILES string of the molecule is Nc1ncn([C@@H]2O[C@H](CO)C(OP(=O)(O)OC[C@H]3O[C@@H](n4cnc5c(=O)[nH]c(N)nc54)C(O)[C@H]3O)[C@@H]2O)c(=O)n1. The van der Waals surface area contributed by atoms with Crippen LogP contribution in [0.3, 0.4) is 0 Å². The van der Waals surface area contributed by atoms with Crippen LogP contribution in [0.4, 0.5) is 11.9 Å². The smallest absolute Gasteiger partial charge is 0.394 e. The lowest BCUT2D eigenvalue weighted by molar-refractivity contribution is -0.0596. The molecule has 2 aliphatic heterocycles. The van der Waals surface area contributed by atoms with Gasteiger partial charge in [0.05, 0.1) is 19.5 Å². The molecule has 3 aromatic rings. The Morgan fingerprint density at radius 2 is 1.68 bits per heavy atom. The highest BCUT2D eigenvalue weighted by Gasteiger charge is 2.50. The summed E-state index contributed by atoms with van der Waals surface area (Å²) in [6.45, 7) is -1.59. The van der Waals surface area contributed by atoms with Gasteiger partial charge in [-0.25, -0.2) is 19.3 Å². The number of nitrogens with zero attached hydrogens (tertiary/aromatic N) is 6. The zero-order valence-corrected chi connectivity index (χ0v) is 21.0. The van der Waals surface area contributed by atoms with Gasteiger partial charge in [-0.3, -0.25) is 28.0 Å². The molecule has 0 saturated carbocycles. The molecule has 22 heteroatoms. The average Bonchev–Trinajstić information content (AvgIpc) is 3.53. The zero-order valence-electron chi connectivity index (χ0n) is 20.1. The standard InChI is InChI=1S/C18H24N9O12P/c19-16-22-4-27(18(33)25-16)15-10(31)11(5(1-28)37-15)39-40(34,35)36-2-6-8(29)9(30)14(38-6)26-3-21-7-12(26)23-17(20)24-13(7)32/h3-6,8-11,14-15,28-31H,1-2H2,(H,34,35)(H2,19,25,33)(H3,20,23,24,32)/t5-,6-,8+,9?,10+,11?,14-,15-/m1/s1. The monoisotopic (exact) mass is 589 g/mol. The van der Waals surface area contributed by atoms with Crippen LogP contribution in [0.15, 0.2) is 22.2 Å². The Hall–Kier alpha value is -3.37. The number of H-pyrrole nitrogens is 1. The van der Waals surface area contributed by atoms with Crippen molar-refractivity contribution in [2.24, 2.45) is 0 Å². The molecular formula is C18H24N9O12P. The summed E-state index contributed by atoms with van der Waals surface area (Å²) in [7, 11) is -5.05. The summed E-state index contributed by atoms with van der Waals surface area (Å²) in [6.07, 6.45) is -10.3. The number of nitrogens with one attached hydrogen (secondary N) is 1. The van der Waals surface area contributed by atoms with Gasteiger partial charge in [-0.1, -0.05) is 0 Å². The number of nitrogen functional groups attached to an aromatic ring is 2. The summed E-state index contributed by atoms with van der Waals surface area (Å²) < 4.78 is 35.5. The van der Waals surface area contributed by atoms with Crippen LogP contribution < -0.4 is 22.7 Å². The number of aromatic nitrogens is 7. The Balaban J connectivity index is 1.27. The molecule has 21 nitrogen and oxygen atoms in total. The third-order valence-electron chi connectivity index (χ3n) is 6.23. The van der Waals surface area contributed by atoms with Crippen LogP contribution in [-0.2, 0) is 23.1 Å². The third-order valence-corrected chi connectivity index (χ3v) is 7.21. The Bertz CT molecular complexity index is 1560. The van der Waals surface area contributed by atoms with Crippen molar-refractivity contribution in [2.75, 3.05) is 24.7 Å². The maximum atomic E-state index is 12.7. The number of aliphatic hydroxyl groups excluding tert-OH is 4. The van der Waals surface area contributed by atoms with E-state index in [-0.39, 0.29) is 23.1 Å². The van der Waals surface area contributed by atoms with Crippen LogP contribution in [0.5, 0.6) is 0 Å². The number of phosphoric ester groups is 1. The fourth-order valence-corrected chi connectivity index (χ4v) is 5.30. The Kier molecular flexibility index (Phi) is 7.43. The number of ether oxygens (including phenoxy) is 2. The second-order valence-corrected chi connectivity index (χ2v) is 10.2. The molecular weight excluding hydrogens is 565 g/mol. The minimum Gasteiger partial charge on any atom is -0.394 e. The van der Waals surface area contributed by atoms with Crippen LogP contribution in [0.25, 0.3) is 11.2 Å². The van der Waals surface area contributed by atoms with E-state index in [0.29, 0.717) is 0 Å². The molecule has 10 N–H and O–H groups in total. The van der Waals surface area contributed by atoms with Crippen LogP contribution >= 0.6 is 7.82 Å². The molecule has 2 fully saturated rings. The second kappa shape index (κ2) is 10.6. The number of anilines is 2. The second-order valence-electron chi connectivity index (χ2n) is 8.80. The maximum absolute atomic E-state index is 12.7. The molecule has 0 amide bonds. The first kappa shape index (κ1) is 28.2. The summed E-state index contributed by atoms with van der Waals surface area (Å²) in [6, 6.07) is 0. The summed E-state index contributed by atoms with van der Waals surface area (Å²) in [5.41, 5.74) is 9.13. The normalized spacial score (nSPS) is 32.0. The molecule has 2 aliphatic rings. The zero-order chi connectivity index (χ0) is 28.9. The number of rotatable bonds is 8. The van der Waals surface area contributed by atoms with Gasteiger partial charge in [-0.05, 0) is 0 Å². The Morgan fingerprint density at radius 1 is 1.00 bits per heavy atom. The number of fused-ring (bicyclic) bond motifs is 1. The molecule has 9 atom stereocenters. The van der Waals surface area contributed by atoms with E-state index in [1.807, 2.05) is 0 Å². The molecule has 218 valence electrons. The van der Waals surface area contributed by atoms with Gasteiger partial charge in [-0.15, -0.1) is 0 Å². The first-order chi connectivity index (χ1) is 18.9. The van der Waals surface area contributed by atoms with Crippen molar-refractivity contribution in [1.82, 2.24) is 34.1 Å². The highest BCUT2D eigenvalue weighted by Crippen LogP contribution is 2.49. The molecule has 5 rings (SSSR count). The summed E-state index contributed by atoms with van der Waals surface area (Å²) in [5.74, 6) is -0.576. The highest BCUT2D eigenvalue weighted by molar-refractivity contribution is 7.47. The minimum absolute atomic E-state index is 0.0549. The van der Waals surface area contributed by atoms with Crippen LogP contribution in [-0.4, -0.2) is 109 Å². The summed E-state index contributed by atoms with van der Waals surface area (Å²) in [5, 5.41) is 41.3. The Labute approximate surface area is 221 Å². The number of hydrogen-bond acceptors (Lipinski definition) is 17. The number of hydrogen-bond donors (Lipinski definition) is 8. The van der Waals surface area contributed by atoms with E-state index in [2.05, 4.69) is 24.9 Å². The summed E-state index contributed by atoms with van der Waals surface area (Å²) >= 11 is 0. The van der Waals surface area contributed by atoms with E-state index >= 15 is 0 Å². The largest absolute Gasteiger partial charge is 0.472 e. The Morgan fingerprint density at radius 3 is 2.38 bits per heavy atom. The van der Waals surface area contributed by atoms with Gasteiger partial charge in [0.25, 0.3) is 5.56 Å². The van der Waals surface area contributed by atoms with Crippen molar-refractivity contribution in [3.8, 4) is 0 Å². The van der Waals surface area contributed by atoms with Gasteiger partial charge in [0.1, 0.15) is 43.0 Å². The lowest BCUT2D eigenvalue weighted by atomic mass is 10.1. The van der Waals surface area contributed by atoms with Crippen LogP contribution in [0.2, 0.25) is 0 Å². The first-order valence-corrected chi connectivity index (χ1v) is 12.9. The quantitative estimate of drug-likeness (QED) is 0.114. The van der Waals surface area contributed by atoms with Gasteiger partial charge >= 0.3 is 13.5 Å². The van der Waals surface area contributed by atoms with Gasteiger partial charge in [0, 0.05) is 0 Å². The number of aromatic amines is 1. The van der Waals surface area contributed by atoms with Crippen molar-refractivity contribution < 1.29 is 48.4 Å². The van der Waals surface area contributed by atoms with Crippen molar-refractivity contribution in [3.63, 3.8) is 0 Å². The van der Waals surface area contributed by atoms with Crippen LogP contribution in [0, 0.1) is 0 Å². The van der Waals surface area contributed by atoms with Gasteiger partial charge in [0.2, 0.25) is 11.9 Å². The number of aliphatic hydroxyl groups is 4. The topological polar surface area (TPSA) is 319 Å². The molecule has 0 aromatic carbocycles. The summed E-state index contributed by atoms with van der Waals surface area (Å²) in [4.78, 5) is 51.5. The minimum atomic E-state index is -5.05. The van der Waals surface area contributed by atoms with Crippen LogP contribution in [0.1, 0.15) is 12.5 Å². The number of nitrogens with two attached hydrogens (primary N) is 2. The van der Waals surface area contributed by atoms with Gasteiger partial charge in [-0.2, -0.15) is 9.97 Å². The number of imidazole rings is 1. The molecule has 0 spiro atoms. The fraction of sp³-hybridized carbons (Fsp3) is 0.556. The third kappa shape index (κ3) is 5.10. The maximum Gasteiger partial charge on any atom is 0.472 e. The molecule has 5 heterocycles. The molecule has 0 radical (unpaired) electrons. The average molecular weight is 589 g/mol. The number of phosphoric acid groups is 1. The predicted molar refractivity (Wildman–Crippen MR) is 127 cm³/mol. The van der Waals surface area contributed by atoms with Gasteiger partial charge < -0.3 is 46.3 Å². The van der Waals surface area contributed by atoms with Crippen molar-refractivity contribution in [1.29, 1.82) is 0 Å². The van der Waals surface area contributed by atoms with Crippen molar-refractivity contribution in [2.45, 2.75) is 49.1 Å². The molecule has 3 aromatic heterocycles. The van der Waals surface area contributed by atoms with Gasteiger partial charge in [0.15, 0.2) is 23.6 Å². The van der Waals surface area contributed by atoms with E-state index in [4.69, 9.17) is 30.0 Å². The first-order valence-electron chi connectivity index (χ1n) is 11.4. The molecule has 0 aliphatic carbocycles. The molecule has 2 saturated heterocycles. The molecule has 3 unspecified atom stereocenters. The fourth-order valence-electron chi connectivity index (χ4n) is 4.33. The molecule has 0 bridgehead atoms. The predicted octanol–water partition coefficient (Wildman–Crippen LogP) is -4.69. The molecule has 40 heavy (non-hydrogen) atoms.